The first kappa shape index (κ1) is 13.7. The Morgan fingerprint density at radius 3 is 2.58 bits per heavy atom. The topological polar surface area (TPSA) is 59.6 Å². The molecule has 1 aliphatic rings. The summed E-state index contributed by atoms with van der Waals surface area (Å²) in [5.41, 5.74) is 0. The van der Waals surface area contributed by atoms with E-state index in [0.717, 1.165) is 31.0 Å². The standard InChI is InChI=1S/C14H20N2O3/c1-18-12-3-5-13(6-4-12)19-8-2-7-16-14(17)11-9-15-10-11/h3-6,11,15H,2,7-10H2,1H3,(H,16,17). The van der Waals surface area contributed by atoms with Crippen molar-refractivity contribution in [1.82, 2.24) is 10.6 Å². The number of carbonyl (C=O) groups is 1. The molecular formula is C14H20N2O3. The average molecular weight is 264 g/mol. The number of benzene rings is 1. The summed E-state index contributed by atoms with van der Waals surface area (Å²) in [6.07, 6.45) is 0.803. The number of amides is 1. The Bertz CT molecular complexity index is 402. The average Bonchev–Trinajstić information content (AvgIpc) is 2.37. The summed E-state index contributed by atoms with van der Waals surface area (Å²) in [6.45, 7) is 2.85. The minimum Gasteiger partial charge on any atom is -0.497 e. The van der Waals surface area contributed by atoms with Crippen molar-refractivity contribution in [3.8, 4) is 11.5 Å². The Morgan fingerprint density at radius 1 is 1.32 bits per heavy atom. The van der Waals surface area contributed by atoms with Gasteiger partial charge in [-0.2, -0.15) is 0 Å². The zero-order chi connectivity index (χ0) is 13.5. The lowest BCUT2D eigenvalue weighted by atomic mass is 10.0. The van der Waals surface area contributed by atoms with Crippen LogP contribution >= 0.6 is 0 Å². The van der Waals surface area contributed by atoms with Gasteiger partial charge in [0.15, 0.2) is 0 Å². The first-order valence-corrected chi connectivity index (χ1v) is 6.55. The van der Waals surface area contributed by atoms with Gasteiger partial charge < -0.3 is 20.1 Å². The smallest absolute Gasteiger partial charge is 0.225 e. The van der Waals surface area contributed by atoms with E-state index in [1.54, 1.807) is 7.11 Å². The van der Waals surface area contributed by atoms with Crippen LogP contribution in [0.5, 0.6) is 11.5 Å². The van der Waals surface area contributed by atoms with Crippen molar-refractivity contribution in [3.05, 3.63) is 24.3 Å². The highest BCUT2D eigenvalue weighted by atomic mass is 16.5. The summed E-state index contributed by atoms with van der Waals surface area (Å²) < 4.78 is 10.6. The summed E-state index contributed by atoms with van der Waals surface area (Å²) >= 11 is 0. The van der Waals surface area contributed by atoms with E-state index in [2.05, 4.69) is 10.6 Å². The van der Waals surface area contributed by atoms with Crippen LogP contribution in [0.1, 0.15) is 6.42 Å². The molecule has 19 heavy (non-hydrogen) atoms. The Kier molecular flexibility index (Phi) is 5.03. The highest BCUT2D eigenvalue weighted by Crippen LogP contribution is 2.16. The molecule has 0 radical (unpaired) electrons. The fourth-order valence-corrected chi connectivity index (χ4v) is 1.76. The Balaban J connectivity index is 1.56. The molecule has 5 nitrogen and oxygen atoms in total. The van der Waals surface area contributed by atoms with Crippen molar-refractivity contribution < 1.29 is 14.3 Å². The van der Waals surface area contributed by atoms with Crippen molar-refractivity contribution in [2.24, 2.45) is 5.92 Å². The van der Waals surface area contributed by atoms with Crippen molar-refractivity contribution in [2.75, 3.05) is 33.4 Å². The number of rotatable bonds is 7. The molecule has 0 unspecified atom stereocenters. The Morgan fingerprint density at radius 2 is 2.00 bits per heavy atom. The maximum Gasteiger partial charge on any atom is 0.225 e. The molecule has 0 spiro atoms. The number of methoxy groups -OCH3 is 1. The molecule has 1 aromatic carbocycles. The highest BCUT2D eigenvalue weighted by Gasteiger charge is 2.23. The van der Waals surface area contributed by atoms with Crippen LogP contribution in [0.4, 0.5) is 0 Å². The van der Waals surface area contributed by atoms with E-state index < -0.39 is 0 Å². The van der Waals surface area contributed by atoms with Gasteiger partial charge in [0.25, 0.3) is 0 Å². The van der Waals surface area contributed by atoms with E-state index in [9.17, 15) is 4.79 Å². The van der Waals surface area contributed by atoms with Gasteiger partial charge in [-0.1, -0.05) is 0 Å². The predicted molar refractivity (Wildman–Crippen MR) is 72.5 cm³/mol. The van der Waals surface area contributed by atoms with E-state index in [1.165, 1.54) is 0 Å². The van der Waals surface area contributed by atoms with Gasteiger partial charge in [0.2, 0.25) is 5.91 Å². The number of ether oxygens (including phenoxy) is 2. The zero-order valence-corrected chi connectivity index (χ0v) is 11.1. The van der Waals surface area contributed by atoms with Gasteiger partial charge in [-0.15, -0.1) is 0 Å². The molecule has 2 N–H and O–H groups in total. The molecule has 2 rings (SSSR count). The minimum absolute atomic E-state index is 0.142. The van der Waals surface area contributed by atoms with E-state index in [4.69, 9.17) is 9.47 Å². The van der Waals surface area contributed by atoms with Crippen LogP contribution in [0.2, 0.25) is 0 Å². The molecule has 5 heteroatoms. The van der Waals surface area contributed by atoms with Crippen LogP contribution in [0, 0.1) is 5.92 Å². The van der Waals surface area contributed by atoms with Gasteiger partial charge in [0, 0.05) is 19.6 Å². The van der Waals surface area contributed by atoms with Crippen LogP contribution in [0.15, 0.2) is 24.3 Å². The Hall–Kier alpha value is -1.75. The maximum absolute atomic E-state index is 11.5. The van der Waals surface area contributed by atoms with Crippen LogP contribution in [-0.2, 0) is 4.79 Å². The van der Waals surface area contributed by atoms with Crippen molar-refractivity contribution >= 4 is 5.91 Å². The summed E-state index contributed by atoms with van der Waals surface area (Å²) in [7, 11) is 1.64. The lowest BCUT2D eigenvalue weighted by molar-refractivity contribution is -0.126. The normalized spacial score (nSPS) is 14.6. The molecule has 104 valence electrons. The van der Waals surface area contributed by atoms with Gasteiger partial charge in [-0.3, -0.25) is 4.79 Å². The summed E-state index contributed by atoms with van der Waals surface area (Å²) in [5, 5.41) is 5.99. The van der Waals surface area contributed by atoms with Crippen LogP contribution < -0.4 is 20.1 Å². The predicted octanol–water partition coefficient (Wildman–Crippen LogP) is 0.800. The molecule has 0 saturated carbocycles. The molecule has 0 aromatic heterocycles. The van der Waals surface area contributed by atoms with E-state index in [1.807, 2.05) is 24.3 Å². The molecule has 0 bridgehead atoms. The fraction of sp³-hybridized carbons (Fsp3) is 0.500. The minimum atomic E-state index is 0.142. The van der Waals surface area contributed by atoms with Gasteiger partial charge in [-0.05, 0) is 30.7 Å². The third-order valence-corrected chi connectivity index (χ3v) is 3.10. The van der Waals surface area contributed by atoms with Crippen molar-refractivity contribution in [2.45, 2.75) is 6.42 Å². The summed E-state index contributed by atoms with van der Waals surface area (Å²) in [4.78, 5) is 11.5. The molecule has 0 atom stereocenters. The second kappa shape index (κ2) is 6.99. The van der Waals surface area contributed by atoms with E-state index in [0.29, 0.717) is 13.2 Å². The highest BCUT2D eigenvalue weighted by molar-refractivity contribution is 5.79. The number of nitrogens with one attached hydrogen (secondary N) is 2. The fourth-order valence-electron chi connectivity index (χ4n) is 1.76. The third kappa shape index (κ3) is 4.13. The van der Waals surface area contributed by atoms with Crippen LogP contribution in [-0.4, -0.2) is 39.3 Å². The van der Waals surface area contributed by atoms with E-state index in [-0.39, 0.29) is 11.8 Å². The van der Waals surface area contributed by atoms with Gasteiger partial charge in [-0.25, -0.2) is 0 Å². The maximum atomic E-state index is 11.5. The van der Waals surface area contributed by atoms with Gasteiger partial charge >= 0.3 is 0 Å². The molecule has 1 heterocycles. The molecule has 1 saturated heterocycles. The third-order valence-electron chi connectivity index (χ3n) is 3.10. The lowest BCUT2D eigenvalue weighted by Gasteiger charge is -2.25. The van der Waals surface area contributed by atoms with Gasteiger partial charge in [0.1, 0.15) is 11.5 Å². The van der Waals surface area contributed by atoms with E-state index >= 15 is 0 Å². The molecule has 1 amide bonds. The monoisotopic (exact) mass is 264 g/mol. The zero-order valence-electron chi connectivity index (χ0n) is 11.1. The van der Waals surface area contributed by atoms with Crippen LogP contribution in [0.3, 0.4) is 0 Å². The second-order valence-electron chi connectivity index (χ2n) is 4.52. The molecule has 0 aliphatic carbocycles. The van der Waals surface area contributed by atoms with Crippen LogP contribution in [0.25, 0.3) is 0 Å². The SMILES string of the molecule is COc1ccc(OCCCNC(=O)C2CNC2)cc1. The number of hydrogen-bond acceptors (Lipinski definition) is 4. The first-order chi connectivity index (χ1) is 9.29. The van der Waals surface area contributed by atoms with Gasteiger partial charge in [0.05, 0.1) is 19.6 Å². The largest absolute Gasteiger partial charge is 0.497 e. The Labute approximate surface area is 113 Å². The molecular weight excluding hydrogens is 244 g/mol. The number of carbonyl (C=O) groups excluding carboxylic acids is 1. The summed E-state index contributed by atoms with van der Waals surface area (Å²) in [6, 6.07) is 7.47. The lowest BCUT2D eigenvalue weighted by Crippen LogP contribution is -2.50. The molecule has 1 aromatic rings. The quantitative estimate of drug-likeness (QED) is 0.715. The van der Waals surface area contributed by atoms with Crippen molar-refractivity contribution in [3.63, 3.8) is 0 Å². The number of hydrogen-bond donors (Lipinski definition) is 2. The second-order valence-corrected chi connectivity index (χ2v) is 4.52. The molecule has 1 fully saturated rings. The van der Waals surface area contributed by atoms with Crippen molar-refractivity contribution in [1.29, 1.82) is 0 Å². The first-order valence-electron chi connectivity index (χ1n) is 6.55. The summed E-state index contributed by atoms with van der Waals surface area (Å²) in [5.74, 6) is 1.93. The molecule has 1 aliphatic heterocycles.